The summed E-state index contributed by atoms with van der Waals surface area (Å²) in [4.78, 5) is 15.3. The van der Waals surface area contributed by atoms with E-state index >= 15 is 0 Å². The summed E-state index contributed by atoms with van der Waals surface area (Å²) in [5, 5.41) is 7.01. The summed E-state index contributed by atoms with van der Waals surface area (Å²) in [5.74, 6) is -0.227. The minimum atomic E-state index is -0.507. The third-order valence-electron chi connectivity index (χ3n) is 4.49. The van der Waals surface area contributed by atoms with Crippen molar-refractivity contribution in [3.05, 3.63) is 36.0 Å². The molecular weight excluding hydrogens is 318 g/mol. The van der Waals surface area contributed by atoms with E-state index in [-0.39, 0.29) is 11.9 Å². The number of H-pyrrole nitrogens is 1. The van der Waals surface area contributed by atoms with Crippen molar-refractivity contribution in [2.75, 3.05) is 26.3 Å². The van der Waals surface area contributed by atoms with Gasteiger partial charge in [0.1, 0.15) is 0 Å². The lowest BCUT2D eigenvalue weighted by Crippen LogP contribution is -2.40. The van der Waals surface area contributed by atoms with Crippen LogP contribution in [-0.2, 0) is 15.9 Å². The molecule has 0 aliphatic carbocycles. The van der Waals surface area contributed by atoms with Gasteiger partial charge in [-0.2, -0.15) is 0 Å². The van der Waals surface area contributed by atoms with E-state index in [4.69, 9.17) is 9.47 Å². The normalized spacial score (nSPS) is 17.5. The molecule has 2 aromatic rings. The largest absolute Gasteiger partial charge is 0.358 e. The zero-order valence-corrected chi connectivity index (χ0v) is 14.9. The number of rotatable bonds is 7. The summed E-state index contributed by atoms with van der Waals surface area (Å²) in [6.45, 7) is 6.52. The van der Waals surface area contributed by atoms with E-state index in [1.165, 1.54) is 5.39 Å². The van der Waals surface area contributed by atoms with E-state index in [0.29, 0.717) is 26.3 Å². The number of nitrogens with one attached hydrogen (secondary N) is 3. The van der Waals surface area contributed by atoms with Crippen LogP contribution in [0.15, 0.2) is 30.3 Å². The molecule has 1 saturated heterocycles. The van der Waals surface area contributed by atoms with E-state index in [1.54, 1.807) is 0 Å². The first-order valence-electron chi connectivity index (χ1n) is 8.90. The lowest BCUT2D eigenvalue weighted by molar-refractivity contribution is -0.153. The number of ether oxygens (including phenoxy) is 2. The average molecular weight is 345 g/mol. The molecule has 3 rings (SSSR count). The Hall–Kier alpha value is -2.05. The van der Waals surface area contributed by atoms with Gasteiger partial charge in [0.2, 0.25) is 0 Å². The second-order valence-corrected chi connectivity index (χ2v) is 6.91. The molecule has 0 bridgehead atoms. The summed E-state index contributed by atoms with van der Waals surface area (Å²) >= 11 is 0. The fourth-order valence-electron chi connectivity index (χ4n) is 3.29. The van der Waals surface area contributed by atoms with Gasteiger partial charge in [0.15, 0.2) is 5.79 Å². The van der Waals surface area contributed by atoms with Gasteiger partial charge in [0.25, 0.3) is 0 Å². The number of aromatic nitrogens is 1. The van der Waals surface area contributed by atoms with Gasteiger partial charge in [-0.05, 0) is 30.4 Å². The van der Waals surface area contributed by atoms with Crippen LogP contribution in [0.2, 0.25) is 0 Å². The number of hydrogen-bond acceptors (Lipinski definition) is 3. The molecule has 1 aromatic heterocycles. The predicted molar refractivity (Wildman–Crippen MR) is 97.5 cm³/mol. The van der Waals surface area contributed by atoms with Gasteiger partial charge in [-0.3, -0.25) is 0 Å². The van der Waals surface area contributed by atoms with Crippen molar-refractivity contribution in [3.8, 4) is 0 Å². The third kappa shape index (κ3) is 4.96. The van der Waals surface area contributed by atoms with Crippen LogP contribution in [0.4, 0.5) is 4.79 Å². The number of para-hydroxylation sites is 1. The number of urea groups is 1. The Balaban J connectivity index is 1.35. The summed E-state index contributed by atoms with van der Waals surface area (Å²) in [6, 6.07) is 10.2. The molecule has 2 heterocycles. The number of hydrogen-bond donors (Lipinski definition) is 3. The quantitative estimate of drug-likeness (QED) is 0.722. The number of benzene rings is 1. The minimum absolute atomic E-state index is 0.138. The average Bonchev–Trinajstić information content (AvgIpc) is 3.18. The fourth-order valence-corrected chi connectivity index (χ4v) is 3.29. The molecule has 1 aliphatic rings. The van der Waals surface area contributed by atoms with Crippen LogP contribution < -0.4 is 10.6 Å². The van der Waals surface area contributed by atoms with Crippen molar-refractivity contribution in [2.45, 2.75) is 32.5 Å². The third-order valence-corrected chi connectivity index (χ3v) is 4.49. The van der Waals surface area contributed by atoms with Crippen molar-refractivity contribution in [1.29, 1.82) is 0 Å². The highest BCUT2D eigenvalue weighted by Gasteiger charge is 2.32. The summed E-state index contributed by atoms with van der Waals surface area (Å²) in [5.41, 5.74) is 2.25. The molecular formula is C19H27N3O3. The van der Waals surface area contributed by atoms with Crippen LogP contribution in [0.1, 0.15) is 26.0 Å². The molecule has 6 nitrogen and oxygen atoms in total. The molecule has 0 unspecified atom stereocenters. The van der Waals surface area contributed by atoms with Gasteiger partial charge in [0, 0.05) is 37.1 Å². The lowest BCUT2D eigenvalue weighted by atomic mass is 10.0. The maximum atomic E-state index is 11.9. The monoisotopic (exact) mass is 345 g/mol. The van der Waals surface area contributed by atoms with Crippen molar-refractivity contribution < 1.29 is 14.3 Å². The highest BCUT2D eigenvalue weighted by molar-refractivity contribution is 5.80. The maximum absolute atomic E-state index is 11.9. The number of amides is 2. The van der Waals surface area contributed by atoms with Gasteiger partial charge >= 0.3 is 6.03 Å². The Kier molecular flexibility index (Phi) is 5.60. The van der Waals surface area contributed by atoms with Gasteiger partial charge in [-0.25, -0.2) is 4.79 Å². The Labute approximate surface area is 148 Å². The molecule has 6 heteroatoms. The highest BCUT2D eigenvalue weighted by Crippen LogP contribution is 2.26. The molecule has 1 fully saturated rings. The fraction of sp³-hybridized carbons (Fsp3) is 0.526. The first-order valence-corrected chi connectivity index (χ1v) is 8.90. The zero-order chi connectivity index (χ0) is 17.7. The second kappa shape index (κ2) is 7.89. The molecule has 0 saturated carbocycles. The lowest BCUT2D eigenvalue weighted by Gasteiger charge is -2.26. The van der Waals surface area contributed by atoms with E-state index in [1.807, 2.05) is 19.1 Å². The standard InChI is InChI=1S/C19H27N3O3/c1-14(12-19(2)24-9-10-25-19)13-21-18(23)20-8-7-16-11-15-5-3-4-6-17(15)22-16/h3-6,11,14,22H,7-10,12-13H2,1-2H3,(H2,20,21,23)/t14-/m1/s1. The van der Waals surface area contributed by atoms with Gasteiger partial charge in [-0.1, -0.05) is 25.1 Å². The van der Waals surface area contributed by atoms with Gasteiger partial charge < -0.3 is 25.1 Å². The smallest absolute Gasteiger partial charge is 0.314 e. The van der Waals surface area contributed by atoms with Crippen LogP contribution in [0.3, 0.4) is 0 Å². The summed E-state index contributed by atoms with van der Waals surface area (Å²) in [7, 11) is 0. The van der Waals surface area contributed by atoms with Crippen molar-refractivity contribution in [2.24, 2.45) is 5.92 Å². The maximum Gasteiger partial charge on any atom is 0.314 e. The predicted octanol–water partition coefficient (Wildman–Crippen LogP) is 2.80. The topological polar surface area (TPSA) is 75.4 Å². The summed E-state index contributed by atoms with van der Waals surface area (Å²) < 4.78 is 11.2. The van der Waals surface area contributed by atoms with Crippen LogP contribution in [0, 0.1) is 5.92 Å². The van der Waals surface area contributed by atoms with Crippen molar-refractivity contribution >= 4 is 16.9 Å². The van der Waals surface area contributed by atoms with Crippen LogP contribution in [0.25, 0.3) is 10.9 Å². The van der Waals surface area contributed by atoms with E-state index in [9.17, 15) is 4.79 Å². The van der Waals surface area contributed by atoms with Crippen LogP contribution in [0.5, 0.6) is 0 Å². The number of aromatic amines is 1. The minimum Gasteiger partial charge on any atom is -0.358 e. The van der Waals surface area contributed by atoms with Crippen LogP contribution >= 0.6 is 0 Å². The molecule has 136 valence electrons. The SMILES string of the molecule is C[C@@H](CNC(=O)NCCc1cc2ccccc2[nH]1)CC1(C)OCCO1. The van der Waals surface area contributed by atoms with Crippen molar-refractivity contribution in [1.82, 2.24) is 15.6 Å². The Bertz CT molecular complexity index is 674. The Morgan fingerprint density at radius 2 is 2.04 bits per heavy atom. The number of carbonyl (C=O) groups excluding carboxylic acids is 1. The van der Waals surface area contributed by atoms with Gasteiger partial charge in [0.05, 0.1) is 13.2 Å². The number of carbonyl (C=O) groups is 1. The Morgan fingerprint density at radius 3 is 2.80 bits per heavy atom. The molecule has 1 atom stereocenters. The second-order valence-electron chi connectivity index (χ2n) is 6.91. The summed E-state index contributed by atoms with van der Waals surface area (Å²) in [6.07, 6.45) is 1.54. The molecule has 2 amide bonds. The number of fused-ring (bicyclic) bond motifs is 1. The van der Waals surface area contributed by atoms with E-state index in [0.717, 1.165) is 24.1 Å². The van der Waals surface area contributed by atoms with Gasteiger partial charge in [-0.15, -0.1) is 0 Å². The molecule has 0 radical (unpaired) electrons. The molecule has 0 spiro atoms. The van der Waals surface area contributed by atoms with E-state index < -0.39 is 5.79 Å². The first kappa shape index (κ1) is 17.8. The highest BCUT2D eigenvalue weighted by atomic mass is 16.7. The zero-order valence-electron chi connectivity index (χ0n) is 14.9. The van der Waals surface area contributed by atoms with E-state index in [2.05, 4.69) is 40.7 Å². The molecule has 3 N–H and O–H groups in total. The van der Waals surface area contributed by atoms with Crippen molar-refractivity contribution in [3.63, 3.8) is 0 Å². The Morgan fingerprint density at radius 1 is 1.28 bits per heavy atom. The molecule has 25 heavy (non-hydrogen) atoms. The molecule has 1 aromatic carbocycles. The first-order chi connectivity index (χ1) is 12.0. The van der Waals surface area contributed by atoms with Crippen LogP contribution in [-0.4, -0.2) is 43.1 Å². The molecule has 1 aliphatic heterocycles.